The average Bonchev–Trinajstić information content (AvgIpc) is 3.03. The van der Waals surface area contributed by atoms with E-state index >= 15 is 0 Å². The van der Waals surface area contributed by atoms with Crippen molar-refractivity contribution in [1.82, 2.24) is 9.55 Å². The highest BCUT2D eigenvalue weighted by atomic mass is 35.5. The predicted octanol–water partition coefficient (Wildman–Crippen LogP) is 4.71. The summed E-state index contributed by atoms with van der Waals surface area (Å²) in [7, 11) is 0. The van der Waals surface area contributed by atoms with Crippen molar-refractivity contribution >= 4 is 34.6 Å². The van der Waals surface area contributed by atoms with Gasteiger partial charge in [0.1, 0.15) is 6.61 Å². The van der Waals surface area contributed by atoms with Gasteiger partial charge in [0.15, 0.2) is 0 Å². The summed E-state index contributed by atoms with van der Waals surface area (Å²) in [5, 5.41) is 3.82. The molecule has 0 fully saturated rings. The standard InChI is InChI=1S/C21H18ClN3O2/c1-3-12-27-20(26)18-13(2)23-21-24-16-10-6-7-11-17(16)25(21)19(18)14-8-4-5-9-15(14)22/h3-11,19H,1,12H2,2H3,(H,23,24). The van der Waals surface area contributed by atoms with E-state index in [1.807, 2.05) is 60.0 Å². The van der Waals surface area contributed by atoms with Crippen molar-refractivity contribution in [3.63, 3.8) is 0 Å². The second-order valence-corrected chi connectivity index (χ2v) is 6.68. The molecule has 0 saturated carbocycles. The molecule has 1 atom stereocenters. The SMILES string of the molecule is C=CCOC(=O)C1=C(C)Nc2nc3ccccc3n2C1c1ccccc1Cl. The number of carbonyl (C=O) groups excluding carboxylic acids is 1. The Labute approximate surface area is 161 Å². The Bertz CT molecular complexity index is 1080. The van der Waals surface area contributed by atoms with Crippen molar-refractivity contribution in [2.75, 3.05) is 11.9 Å². The number of carbonyl (C=O) groups is 1. The number of hydrogen-bond donors (Lipinski definition) is 1. The number of aromatic nitrogens is 2. The van der Waals surface area contributed by atoms with Gasteiger partial charge in [0.2, 0.25) is 5.95 Å². The second kappa shape index (κ2) is 6.93. The van der Waals surface area contributed by atoms with Gasteiger partial charge in [-0.1, -0.05) is 54.6 Å². The number of ether oxygens (including phenoxy) is 1. The second-order valence-electron chi connectivity index (χ2n) is 6.27. The number of nitrogens with zero attached hydrogens (tertiary/aromatic N) is 2. The Hall–Kier alpha value is -3.05. The first-order chi connectivity index (χ1) is 13.1. The number of para-hydroxylation sites is 2. The molecule has 2 heterocycles. The summed E-state index contributed by atoms with van der Waals surface area (Å²) in [4.78, 5) is 17.6. The van der Waals surface area contributed by atoms with E-state index in [-0.39, 0.29) is 6.61 Å². The van der Waals surface area contributed by atoms with Crippen LogP contribution in [0.4, 0.5) is 5.95 Å². The van der Waals surface area contributed by atoms with E-state index in [2.05, 4.69) is 16.9 Å². The maximum absolute atomic E-state index is 12.9. The molecule has 136 valence electrons. The van der Waals surface area contributed by atoms with Gasteiger partial charge in [-0.15, -0.1) is 0 Å². The van der Waals surface area contributed by atoms with Crippen molar-refractivity contribution in [3.05, 3.63) is 83.0 Å². The monoisotopic (exact) mass is 379 g/mol. The molecule has 6 heteroatoms. The summed E-state index contributed by atoms with van der Waals surface area (Å²) in [5.41, 5.74) is 3.75. The van der Waals surface area contributed by atoms with Crippen LogP contribution in [0.25, 0.3) is 11.0 Å². The highest BCUT2D eigenvalue weighted by Crippen LogP contribution is 2.41. The number of allylic oxidation sites excluding steroid dienone is 1. The number of hydrogen-bond acceptors (Lipinski definition) is 4. The van der Waals surface area contributed by atoms with Crippen LogP contribution >= 0.6 is 11.6 Å². The van der Waals surface area contributed by atoms with E-state index in [0.29, 0.717) is 22.2 Å². The van der Waals surface area contributed by atoms with Crippen LogP contribution in [0.5, 0.6) is 0 Å². The average molecular weight is 380 g/mol. The van der Waals surface area contributed by atoms with E-state index in [9.17, 15) is 4.79 Å². The lowest BCUT2D eigenvalue weighted by Crippen LogP contribution is -2.29. The Morgan fingerprint density at radius 1 is 1.30 bits per heavy atom. The lowest BCUT2D eigenvalue weighted by molar-refractivity contribution is -0.138. The van der Waals surface area contributed by atoms with Gasteiger partial charge in [0, 0.05) is 10.7 Å². The summed E-state index contributed by atoms with van der Waals surface area (Å²) in [5.74, 6) is 0.257. The van der Waals surface area contributed by atoms with Crippen LogP contribution in [0, 0.1) is 0 Å². The van der Waals surface area contributed by atoms with Crippen LogP contribution in [0.1, 0.15) is 18.5 Å². The summed E-state index contributed by atoms with van der Waals surface area (Å²) in [6.45, 7) is 5.60. The minimum absolute atomic E-state index is 0.141. The van der Waals surface area contributed by atoms with Gasteiger partial charge in [-0.3, -0.25) is 4.57 Å². The molecule has 1 N–H and O–H groups in total. The Kier molecular flexibility index (Phi) is 4.46. The maximum Gasteiger partial charge on any atom is 0.338 e. The number of anilines is 1. The van der Waals surface area contributed by atoms with Crippen molar-refractivity contribution in [1.29, 1.82) is 0 Å². The van der Waals surface area contributed by atoms with Gasteiger partial charge in [-0.2, -0.15) is 0 Å². The predicted molar refractivity (Wildman–Crippen MR) is 107 cm³/mol. The van der Waals surface area contributed by atoms with Gasteiger partial charge in [-0.25, -0.2) is 9.78 Å². The minimum Gasteiger partial charge on any atom is -0.458 e. The number of benzene rings is 2. The quantitative estimate of drug-likeness (QED) is 0.527. The molecule has 0 bridgehead atoms. The lowest BCUT2D eigenvalue weighted by Gasteiger charge is -2.30. The molecule has 2 aromatic carbocycles. The first-order valence-corrected chi connectivity index (χ1v) is 8.97. The Morgan fingerprint density at radius 2 is 2.04 bits per heavy atom. The van der Waals surface area contributed by atoms with Crippen LogP contribution in [0.2, 0.25) is 5.02 Å². The highest BCUT2D eigenvalue weighted by Gasteiger charge is 2.35. The fourth-order valence-corrected chi connectivity index (χ4v) is 3.67. The van der Waals surface area contributed by atoms with E-state index < -0.39 is 12.0 Å². The fraction of sp³-hybridized carbons (Fsp3) is 0.143. The van der Waals surface area contributed by atoms with Crippen LogP contribution in [-0.4, -0.2) is 22.1 Å². The van der Waals surface area contributed by atoms with Crippen LogP contribution in [-0.2, 0) is 9.53 Å². The number of nitrogens with one attached hydrogen (secondary N) is 1. The first kappa shape index (κ1) is 17.4. The van der Waals surface area contributed by atoms with Crippen LogP contribution in [0.3, 0.4) is 0 Å². The molecule has 4 rings (SSSR count). The van der Waals surface area contributed by atoms with Crippen molar-refractivity contribution in [3.8, 4) is 0 Å². The molecular formula is C21H18ClN3O2. The first-order valence-electron chi connectivity index (χ1n) is 8.59. The molecule has 1 aromatic heterocycles. The third-order valence-electron chi connectivity index (χ3n) is 4.58. The summed E-state index contributed by atoms with van der Waals surface area (Å²) in [6.07, 6.45) is 1.55. The van der Waals surface area contributed by atoms with Crippen molar-refractivity contribution in [2.45, 2.75) is 13.0 Å². The smallest absolute Gasteiger partial charge is 0.338 e. The zero-order valence-corrected chi connectivity index (χ0v) is 15.5. The summed E-state index contributed by atoms with van der Waals surface area (Å²) >= 11 is 6.52. The van der Waals surface area contributed by atoms with Crippen LogP contribution < -0.4 is 5.32 Å². The molecule has 0 radical (unpaired) electrons. The number of imidazole rings is 1. The Balaban J connectivity index is 1.97. The number of esters is 1. The topological polar surface area (TPSA) is 56.1 Å². The molecular weight excluding hydrogens is 362 g/mol. The number of fused-ring (bicyclic) bond motifs is 3. The molecule has 1 aliphatic heterocycles. The maximum atomic E-state index is 12.9. The van der Waals surface area contributed by atoms with Gasteiger partial charge >= 0.3 is 5.97 Å². The third-order valence-corrected chi connectivity index (χ3v) is 4.93. The summed E-state index contributed by atoms with van der Waals surface area (Å²) in [6, 6.07) is 14.9. The minimum atomic E-state index is -0.445. The number of rotatable bonds is 4. The van der Waals surface area contributed by atoms with Crippen LogP contribution in [0.15, 0.2) is 72.5 Å². The van der Waals surface area contributed by atoms with E-state index in [0.717, 1.165) is 16.6 Å². The molecule has 5 nitrogen and oxygen atoms in total. The molecule has 0 spiro atoms. The highest BCUT2D eigenvalue weighted by molar-refractivity contribution is 6.31. The fourth-order valence-electron chi connectivity index (χ4n) is 3.43. The van der Waals surface area contributed by atoms with E-state index in [1.165, 1.54) is 0 Å². The van der Waals surface area contributed by atoms with E-state index in [4.69, 9.17) is 16.3 Å². The van der Waals surface area contributed by atoms with Gasteiger partial charge < -0.3 is 10.1 Å². The van der Waals surface area contributed by atoms with Gasteiger partial charge in [0.25, 0.3) is 0 Å². The molecule has 1 unspecified atom stereocenters. The third kappa shape index (κ3) is 2.90. The van der Waals surface area contributed by atoms with Gasteiger partial charge in [0.05, 0.1) is 22.6 Å². The van der Waals surface area contributed by atoms with Crippen molar-refractivity contribution < 1.29 is 9.53 Å². The molecule has 3 aromatic rings. The molecule has 0 amide bonds. The normalized spacial score (nSPS) is 16.0. The lowest BCUT2D eigenvalue weighted by atomic mass is 9.95. The number of halogens is 1. The van der Waals surface area contributed by atoms with E-state index in [1.54, 1.807) is 6.08 Å². The molecule has 0 aliphatic carbocycles. The zero-order valence-electron chi connectivity index (χ0n) is 14.8. The molecule has 27 heavy (non-hydrogen) atoms. The Morgan fingerprint density at radius 3 is 2.81 bits per heavy atom. The van der Waals surface area contributed by atoms with Gasteiger partial charge in [-0.05, 0) is 30.7 Å². The summed E-state index contributed by atoms with van der Waals surface area (Å²) < 4.78 is 7.36. The molecule has 0 saturated heterocycles. The largest absolute Gasteiger partial charge is 0.458 e. The van der Waals surface area contributed by atoms with Crippen molar-refractivity contribution in [2.24, 2.45) is 0 Å². The molecule has 1 aliphatic rings. The zero-order chi connectivity index (χ0) is 19.0.